The lowest BCUT2D eigenvalue weighted by molar-refractivity contribution is 0.110. The second kappa shape index (κ2) is 10.7. The van der Waals surface area contributed by atoms with Crippen molar-refractivity contribution in [2.75, 3.05) is 44.3 Å². The summed E-state index contributed by atoms with van der Waals surface area (Å²) >= 11 is 0. The number of nitrogens with two attached hydrogens (primary N) is 1. The molecule has 4 aromatic rings. The van der Waals surface area contributed by atoms with Gasteiger partial charge in [-0.05, 0) is 19.1 Å². The minimum Gasteiger partial charge on any atom is -0.495 e. The molecule has 0 saturated carbocycles. The van der Waals surface area contributed by atoms with Gasteiger partial charge in [0, 0.05) is 31.7 Å². The Labute approximate surface area is 209 Å². The first-order chi connectivity index (χ1) is 17.6. The number of rotatable bonds is 8. The number of aromatic nitrogens is 5. The Balaban J connectivity index is 1.16. The average Bonchev–Trinajstić information content (AvgIpc) is 3.34. The van der Waals surface area contributed by atoms with Crippen LogP contribution in [-0.2, 0) is 13.1 Å². The van der Waals surface area contributed by atoms with Gasteiger partial charge in [0.1, 0.15) is 11.6 Å². The number of methoxy groups -OCH3 is 1. The van der Waals surface area contributed by atoms with E-state index < -0.39 is 0 Å². The van der Waals surface area contributed by atoms with E-state index in [0.29, 0.717) is 42.3 Å². The first-order valence-corrected chi connectivity index (χ1v) is 11.8. The molecule has 3 heterocycles. The Morgan fingerprint density at radius 1 is 0.917 bits per heavy atom. The van der Waals surface area contributed by atoms with Crippen molar-refractivity contribution in [1.29, 1.82) is 0 Å². The minimum absolute atomic E-state index is 0.178. The number of hydrogen-bond donors (Lipinski definition) is 2. The summed E-state index contributed by atoms with van der Waals surface area (Å²) in [6.07, 6.45) is 0. The van der Waals surface area contributed by atoms with Crippen molar-refractivity contribution < 1.29 is 9.26 Å². The zero-order valence-electron chi connectivity index (χ0n) is 20.4. The van der Waals surface area contributed by atoms with Crippen molar-refractivity contribution in [2.45, 2.75) is 20.0 Å². The normalized spacial score (nSPS) is 14.6. The fourth-order valence-corrected chi connectivity index (χ4v) is 4.07. The Hall–Kier alpha value is -4.09. The second-order valence-electron chi connectivity index (χ2n) is 8.69. The van der Waals surface area contributed by atoms with Gasteiger partial charge in [-0.25, -0.2) is 0 Å². The third-order valence-corrected chi connectivity index (χ3v) is 6.02. The van der Waals surface area contributed by atoms with Gasteiger partial charge in [-0.3, -0.25) is 9.80 Å². The quantitative estimate of drug-likeness (QED) is 0.380. The summed E-state index contributed by atoms with van der Waals surface area (Å²) in [5, 5.41) is 7.31. The van der Waals surface area contributed by atoms with E-state index in [1.807, 2.05) is 48.5 Å². The maximum Gasteiger partial charge on any atom is 0.241 e. The van der Waals surface area contributed by atoms with Gasteiger partial charge >= 0.3 is 0 Å². The number of para-hydroxylation sites is 2. The van der Waals surface area contributed by atoms with Crippen molar-refractivity contribution in [3.8, 4) is 17.1 Å². The maximum atomic E-state index is 5.96. The van der Waals surface area contributed by atoms with Crippen molar-refractivity contribution >= 4 is 17.6 Å². The molecule has 1 aliphatic rings. The number of anilines is 3. The SMILES string of the molecule is COc1ccccc1Nc1nc(N)nc(CN2CCN(Cc3nc(-c4ccc(C)cc4)no3)CC2)n1. The second-order valence-corrected chi connectivity index (χ2v) is 8.69. The van der Waals surface area contributed by atoms with Crippen molar-refractivity contribution in [3.63, 3.8) is 0 Å². The van der Waals surface area contributed by atoms with Gasteiger partial charge in [-0.15, -0.1) is 0 Å². The van der Waals surface area contributed by atoms with Crippen LogP contribution in [0.2, 0.25) is 0 Å². The predicted octanol–water partition coefficient (Wildman–Crippen LogP) is 2.88. The molecule has 11 nitrogen and oxygen atoms in total. The molecule has 0 atom stereocenters. The van der Waals surface area contributed by atoms with E-state index in [9.17, 15) is 0 Å². The van der Waals surface area contributed by atoms with E-state index in [-0.39, 0.29) is 5.95 Å². The number of nitrogens with one attached hydrogen (secondary N) is 1. The first-order valence-electron chi connectivity index (χ1n) is 11.8. The highest BCUT2D eigenvalue weighted by Gasteiger charge is 2.21. The van der Waals surface area contributed by atoms with Crippen LogP contribution in [0.15, 0.2) is 53.1 Å². The van der Waals surface area contributed by atoms with E-state index in [1.54, 1.807) is 7.11 Å². The molecular weight excluding hydrogens is 458 g/mol. The molecular formula is C25H29N9O2. The van der Waals surface area contributed by atoms with Crippen LogP contribution in [0.5, 0.6) is 5.75 Å². The highest BCUT2D eigenvalue weighted by atomic mass is 16.5. The molecule has 11 heteroatoms. The van der Waals surface area contributed by atoms with Gasteiger partial charge in [-0.1, -0.05) is 47.1 Å². The number of nitrogens with zero attached hydrogens (tertiary/aromatic N) is 7. The average molecular weight is 488 g/mol. The third kappa shape index (κ3) is 5.75. The Morgan fingerprint density at radius 3 is 2.39 bits per heavy atom. The molecule has 0 aliphatic carbocycles. The van der Waals surface area contributed by atoms with Gasteiger partial charge < -0.3 is 20.3 Å². The summed E-state index contributed by atoms with van der Waals surface area (Å²) in [6.45, 7) is 6.72. The van der Waals surface area contributed by atoms with E-state index >= 15 is 0 Å². The summed E-state index contributed by atoms with van der Waals surface area (Å²) in [5.74, 6) is 3.12. The summed E-state index contributed by atoms with van der Waals surface area (Å²) in [4.78, 5) is 22.3. The Morgan fingerprint density at radius 2 is 1.64 bits per heavy atom. The van der Waals surface area contributed by atoms with Crippen LogP contribution >= 0.6 is 0 Å². The van der Waals surface area contributed by atoms with Crippen LogP contribution in [0, 0.1) is 6.92 Å². The van der Waals surface area contributed by atoms with Gasteiger partial charge in [0.05, 0.1) is 25.9 Å². The number of hydrogen-bond acceptors (Lipinski definition) is 11. The first kappa shape index (κ1) is 23.6. The monoisotopic (exact) mass is 487 g/mol. The van der Waals surface area contributed by atoms with Crippen LogP contribution in [0.25, 0.3) is 11.4 Å². The number of aryl methyl sites for hydroxylation is 1. The molecule has 2 aromatic carbocycles. The van der Waals surface area contributed by atoms with Crippen LogP contribution in [0.4, 0.5) is 17.6 Å². The van der Waals surface area contributed by atoms with Crippen LogP contribution in [0.1, 0.15) is 17.3 Å². The Bertz CT molecular complexity index is 1300. The lowest BCUT2D eigenvalue weighted by Crippen LogP contribution is -2.45. The lowest BCUT2D eigenvalue weighted by Gasteiger charge is -2.33. The summed E-state index contributed by atoms with van der Waals surface area (Å²) in [6, 6.07) is 15.7. The Kier molecular flexibility index (Phi) is 7.01. The van der Waals surface area contributed by atoms with Crippen molar-refractivity contribution in [1.82, 2.24) is 34.9 Å². The van der Waals surface area contributed by atoms with E-state index in [0.717, 1.165) is 37.4 Å². The molecule has 1 saturated heterocycles. The maximum absolute atomic E-state index is 5.96. The standard InChI is InChI=1S/C25H29N9O2/c1-17-7-9-18(10-8-17)23-30-22(36-32-23)16-34-13-11-33(12-14-34)15-21-28-24(26)31-25(29-21)27-19-5-3-4-6-20(19)35-2/h3-10H,11-16H2,1-2H3,(H3,26,27,28,29,31). The molecule has 36 heavy (non-hydrogen) atoms. The van der Waals surface area contributed by atoms with Crippen LogP contribution in [0.3, 0.4) is 0 Å². The predicted molar refractivity (Wildman–Crippen MR) is 136 cm³/mol. The molecule has 0 spiro atoms. The highest BCUT2D eigenvalue weighted by molar-refractivity contribution is 5.62. The fraction of sp³-hybridized carbons (Fsp3) is 0.320. The number of ether oxygens (including phenoxy) is 1. The number of piperazine rings is 1. The van der Waals surface area contributed by atoms with E-state index in [1.165, 1.54) is 5.56 Å². The van der Waals surface area contributed by atoms with E-state index in [4.69, 9.17) is 15.0 Å². The molecule has 0 amide bonds. The molecule has 2 aromatic heterocycles. The summed E-state index contributed by atoms with van der Waals surface area (Å²) < 4.78 is 10.9. The molecule has 3 N–H and O–H groups in total. The molecule has 5 rings (SSSR count). The molecule has 1 fully saturated rings. The smallest absolute Gasteiger partial charge is 0.241 e. The van der Waals surface area contributed by atoms with Gasteiger partial charge in [0.2, 0.25) is 23.6 Å². The minimum atomic E-state index is 0.178. The van der Waals surface area contributed by atoms with Gasteiger partial charge in [0.25, 0.3) is 0 Å². The zero-order chi connectivity index (χ0) is 24.9. The third-order valence-electron chi connectivity index (χ3n) is 6.02. The van der Waals surface area contributed by atoms with Crippen LogP contribution < -0.4 is 15.8 Å². The van der Waals surface area contributed by atoms with Crippen LogP contribution in [-0.4, -0.2) is 68.2 Å². The lowest BCUT2D eigenvalue weighted by atomic mass is 10.1. The van der Waals surface area contributed by atoms with Crippen molar-refractivity contribution in [3.05, 3.63) is 65.8 Å². The largest absolute Gasteiger partial charge is 0.495 e. The molecule has 0 bridgehead atoms. The number of nitrogen functional groups attached to an aromatic ring is 1. The zero-order valence-corrected chi connectivity index (χ0v) is 20.4. The highest BCUT2D eigenvalue weighted by Crippen LogP contribution is 2.26. The molecule has 0 unspecified atom stereocenters. The molecule has 186 valence electrons. The summed E-state index contributed by atoms with van der Waals surface area (Å²) in [5.41, 5.74) is 8.88. The molecule has 1 aliphatic heterocycles. The summed E-state index contributed by atoms with van der Waals surface area (Å²) in [7, 11) is 1.62. The van der Waals surface area contributed by atoms with Gasteiger partial charge in [0.15, 0.2) is 0 Å². The van der Waals surface area contributed by atoms with Gasteiger partial charge in [-0.2, -0.15) is 19.9 Å². The number of benzene rings is 2. The molecule has 0 radical (unpaired) electrons. The van der Waals surface area contributed by atoms with E-state index in [2.05, 4.69) is 47.1 Å². The van der Waals surface area contributed by atoms with Crippen molar-refractivity contribution in [2.24, 2.45) is 0 Å². The topological polar surface area (TPSA) is 131 Å². The fourth-order valence-electron chi connectivity index (χ4n) is 4.07.